The second-order valence-corrected chi connectivity index (χ2v) is 5.26. The van der Waals surface area contributed by atoms with Gasteiger partial charge in [-0.1, -0.05) is 24.3 Å². The highest BCUT2D eigenvalue weighted by molar-refractivity contribution is 5.87. The normalized spacial score (nSPS) is 12.3. The first-order chi connectivity index (χ1) is 10.4. The van der Waals surface area contributed by atoms with Crippen molar-refractivity contribution in [3.8, 4) is 0 Å². The van der Waals surface area contributed by atoms with Crippen LogP contribution >= 0.6 is 0 Å². The van der Waals surface area contributed by atoms with Gasteiger partial charge in [-0.3, -0.25) is 9.59 Å². The van der Waals surface area contributed by atoms with Crippen molar-refractivity contribution in [2.45, 2.75) is 39.5 Å². The Balaban J connectivity index is 2.59. The number of aryl methyl sites for hydroxylation is 2. The Morgan fingerprint density at radius 3 is 1.68 bits per heavy atom. The van der Waals surface area contributed by atoms with Crippen LogP contribution in [0.25, 0.3) is 0 Å². The lowest BCUT2D eigenvalue weighted by molar-refractivity contribution is -0.307. The Labute approximate surface area is 130 Å². The molecular formula is C18H20O4-2. The zero-order chi connectivity index (χ0) is 16.5. The lowest BCUT2D eigenvalue weighted by Crippen LogP contribution is -2.07. The molecule has 0 aliphatic carbocycles. The Bertz CT molecular complexity index is 548. The molecule has 4 nitrogen and oxygen atoms in total. The number of carbonyl (C=O) groups is 2. The third-order valence-electron chi connectivity index (χ3n) is 3.04. The maximum absolute atomic E-state index is 11.5. The van der Waals surface area contributed by atoms with Crippen LogP contribution in [0.5, 0.6) is 0 Å². The van der Waals surface area contributed by atoms with Crippen molar-refractivity contribution < 1.29 is 19.8 Å². The summed E-state index contributed by atoms with van der Waals surface area (Å²) in [7, 11) is 0. The molecule has 0 saturated carbocycles. The van der Waals surface area contributed by atoms with Gasteiger partial charge in [-0.05, 0) is 62.8 Å². The molecule has 1 aromatic rings. The first-order valence-corrected chi connectivity index (χ1v) is 7.21. The van der Waals surface area contributed by atoms with Crippen LogP contribution in [0.2, 0.25) is 0 Å². The molecule has 0 fully saturated rings. The van der Waals surface area contributed by atoms with Gasteiger partial charge in [0.2, 0.25) is 0 Å². The first kappa shape index (κ1) is 17.7. The lowest BCUT2D eigenvalue weighted by atomic mass is 10.0. The zero-order valence-corrected chi connectivity index (χ0v) is 12.9. The summed E-state index contributed by atoms with van der Waals surface area (Å²) in [6.45, 7) is 2.71. The first-order valence-electron chi connectivity index (χ1n) is 7.21. The van der Waals surface area contributed by atoms with Crippen LogP contribution < -0.4 is 10.2 Å². The average Bonchev–Trinajstić information content (AvgIpc) is 2.42. The van der Waals surface area contributed by atoms with E-state index in [1.807, 2.05) is 24.3 Å². The van der Waals surface area contributed by atoms with E-state index in [0.717, 1.165) is 23.3 Å². The van der Waals surface area contributed by atoms with E-state index in [1.165, 1.54) is 13.8 Å². The van der Waals surface area contributed by atoms with E-state index < -0.39 is 0 Å². The number of hydrogen-bond acceptors (Lipinski definition) is 4. The van der Waals surface area contributed by atoms with Gasteiger partial charge in [-0.25, -0.2) is 0 Å². The molecule has 0 spiro atoms. The van der Waals surface area contributed by atoms with Gasteiger partial charge < -0.3 is 10.2 Å². The molecule has 0 N–H and O–H groups in total. The largest absolute Gasteiger partial charge is 0.875 e. The highest BCUT2D eigenvalue weighted by atomic mass is 16.3. The minimum atomic E-state index is -0.237. The molecule has 0 atom stereocenters. The quantitative estimate of drug-likeness (QED) is 0.534. The van der Waals surface area contributed by atoms with Gasteiger partial charge in [-0.15, -0.1) is 11.5 Å². The van der Waals surface area contributed by atoms with Crippen molar-refractivity contribution in [1.82, 2.24) is 0 Å². The number of ketones is 2. The molecular weight excluding hydrogens is 280 g/mol. The van der Waals surface area contributed by atoms with Crippen molar-refractivity contribution in [3.63, 3.8) is 0 Å². The standard InChI is InChI=1S/C18H22O4/c1-13(19)10-17(21)8-6-15-4-3-5-16(12-15)7-9-18(22)11-14(2)20/h3-5,10-12,21-22H,6-9H2,1-2H3/p-2/b17-10-,18-11?. The van der Waals surface area contributed by atoms with Crippen LogP contribution in [0, 0.1) is 0 Å². The van der Waals surface area contributed by atoms with Crippen molar-refractivity contribution in [2.75, 3.05) is 0 Å². The summed E-state index contributed by atoms with van der Waals surface area (Å²) >= 11 is 0. The summed E-state index contributed by atoms with van der Waals surface area (Å²) in [6, 6.07) is 7.65. The fourth-order valence-electron chi connectivity index (χ4n) is 2.07. The van der Waals surface area contributed by atoms with Crippen LogP contribution in [0.4, 0.5) is 0 Å². The van der Waals surface area contributed by atoms with Crippen LogP contribution in [0.3, 0.4) is 0 Å². The van der Waals surface area contributed by atoms with Gasteiger partial charge in [0.05, 0.1) is 0 Å². The molecule has 1 aromatic carbocycles. The second-order valence-electron chi connectivity index (χ2n) is 5.26. The predicted molar refractivity (Wildman–Crippen MR) is 80.6 cm³/mol. The molecule has 0 amide bonds. The van der Waals surface area contributed by atoms with Gasteiger partial charge in [0.25, 0.3) is 0 Å². The maximum Gasteiger partial charge on any atom is 0.151 e. The second kappa shape index (κ2) is 8.82. The van der Waals surface area contributed by atoms with Crippen molar-refractivity contribution >= 4 is 11.6 Å². The van der Waals surface area contributed by atoms with E-state index in [4.69, 9.17) is 0 Å². The van der Waals surface area contributed by atoms with Crippen LogP contribution in [-0.2, 0) is 22.4 Å². The van der Waals surface area contributed by atoms with Gasteiger partial charge in [-0.2, -0.15) is 0 Å². The fourth-order valence-corrected chi connectivity index (χ4v) is 2.07. The number of rotatable bonds is 8. The Morgan fingerprint density at radius 1 is 0.909 bits per heavy atom. The molecule has 0 bridgehead atoms. The summed E-state index contributed by atoms with van der Waals surface area (Å²) in [5.74, 6) is -0.828. The molecule has 118 valence electrons. The SMILES string of the molecule is CC(=O)C=C([O-])CCc1cccc(CC/C([O-])=C/C(C)=O)c1. The van der Waals surface area contributed by atoms with Crippen molar-refractivity contribution in [3.05, 3.63) is 59.1 Å². The molecule has 22 heavy (non-hydrogen) atoms. The maximum atomic E-state index is 11.5. The number of carbonyl (C=O) groups excluding carboxylic acids is 2. The van der Waals surface area contributed by atoms with E-state index >= 15 is 0 Å². The molecule has 4 heteroatoms. The van der Waals surface area contributed by atoms with Crippen molar-refractivity contribution in [2.24, 2.45) is 0 Å². The Kier molecular flexibility index (Phi) is 7.09. The highest BCUT2D eigenvalue weighted by Crippen LogP contribution is 2.12. The third kappa shape index (κ3) is 7.43. The summed E-state index contributed by atoms with van der Waals surface area (Å²) in [5, 5.41) is 22.9. The smallest absolute Gasteiger partial charge is 0.151 e. The number of hydrogen-bond donors (Lipinski definition) is 0. The number of benzene rings is 1. The summed E-state index contributed by atoms with van der Waals surface area (Å²) in [6.07, 6.45) is 3.92. The van der Waals surface area contributed by atoms with Gasteiger partial charge in [0.15, 0.2) is 11.6 Å². The van der Waals surface area contributed by atoms with Gasteiger partial charge >= 0.3 is 0 Å². The zero-order valence-electron chi connectivity index (χ0n) is 12.9. The fraction of sp³-hybridized carbons (Fsp3) is 0.333. The van der Waals surface area contributed by atoms with E-state index in [2.05, 4.69) is 0 Å². The summed E-state index contributed by atoms with van der Waals surface area (Å²) in [4.78, 5) is 21.6. The van der Waals surface area contributed by atoms with Gasteiger partial charge in [0, 0.05) is 0 Å². The Morgan fingerprint density at radius 2 is 1.32 bits per heavy atom. The monoisotopic (exact) mass is 300 g/mol. The number of allylic oxidation sites excluding steroid dienone is 4. The molecule has 1 rings (SSSR count). The molecule has 0 unspecified atom stereocenters. The molecule has 0 aromatic heterocycles. The molecule has 0 heterocycles. The molecule has 0 saturated heterocycles. The summed E-state index contributed by atoms with van der Waals surface area (Å²) < 4.78 is 0. The van der Waals surface area contributed by atoms with E-state index in [-0.39, 0.29) is 23.1 Å². The van der Waals surface area contributed by atoms with E-state index in [9.17, 15) is 19.8 Å². The summed E-state index contributed by atoms with van der Waals surface area (Å²) in [5.41, 5.74) is 1.98. The Hall–Kier alpha value is -2.36. The molecule has 0 radical (unpaired) electrons. The van der Waals surface area contributed by atoms with E-state index in [1.54, 1.807) is 0 Å². The molecule has 0 aliphatic rings. The van der Waals surface area contributed by atoms with Gasteiger partial charge in [0.1, 0.15) is 0 Å². The minimum Gasteiger partial charge on any atom is -0.875 e. The predicted octanol–water partition coefficient (Wildman–Crippen LogP) is 1.22. The van der Waals surface area contributed by atoms with Crippen molar-refractivity contribution in [1.29, 1.82) is 0 Å². The van der Waals surface area contributed by atoms with Crippen LogP contribution in [0.1, 0.15) is 37.8 Å². The highest BCUT2D eigenvalue weighted by Gasteiger charge is 1.98. The molecule has 0 aliphatic heterocycles. The average molecular weight is 300 g/mol. The van der Waals surface area contributed by atoms with Crippen LogP contribution in [0.15, 0.2) is 47.9 Å². The third-order valence-corrected chi connectivity index (χ3v) is 3.04. The minimum absolute atomic E-state index is 0.177. The lowest BCUT2D eigenvalue weighted by Gasteiger charge is -2.13. The van der Waals surface area contributed by atoms with E-state index in [0.29, 0.717) is 25.7 Å². The van der Waals surface area contributed by atoms with Crippen LogP contribution in [-0.4, -0.2) is 11.6 Å². The topological polar surface area (TPSA) is 80.3 Å².